The molecule has 0 unspecified atom stereocenters. The molecule has 0 radical (unpaired) electrons. The summed E-state index contributed by atoms with van der Waals surface area (Å²) in [6.07, 6.45) is 4.58. The van der Waals surface area contributed by atoms with Crippen LogP contribution < -0.4 is 5.32 Å². The van der Waals surface area contributed by atoms with Gasteiger partial charge in [-0.3, -0.25) is 4.79 Å². The molecule has 1 aliphatic carbocycles. The van der Waals surface area contributed by atoms with Crippen molar-refractivity contribution in [3.05, 3.63) is 17.8 Å². The molecular formula is C13H18N2O3. The maximum absolute atomic E-state index is 12.1. The summed E-state index contributed by atoms with van der Waals surface area (Å²) in [5.41, 5.74) is 0.586. The van der Waals surface area contributed by atoms with E-state index in [1.807, 2.05) is 0 Å². The van der Waals surface area contributed by atoms with Crippen molar-refractivity contribution in [3.8, 4) is 0 Å². The van der Waals surface area contributed by atoms with Crippen LogP contribution in [0.15, 0.2) is 10.8 Å². The van der Waals surface area contributed by atoms with Crippen molar-refractivity contribution in [3.63, 3.8) is 0 Å². The molecule has 1 aromatic heterocycles. The Kier molecular flexibility index (Phi) is 2.86. The van der Waals surface area contributed by atoms with E-state index in [0.29, 0.717) is 18.2 Å². The van der Waals surface area contributed by atoms with Crippen LogP contribution in [-0.2, 0) is 4.74 Å². The summed E-state index contributed by atoms with van der Waals surface area (Å²) in [7, 11) is 0. The van der Waals surface area contributed by atoms with Crippen LogP contribution in [0.25, 0.3) is 0 Å². The minimum atomic E-state index is -0.120. The van der Waals surface area contributed by atoms with Gasteiger partial charge >= 0.3 is 0 Å². The third kappa shape index (κ3) is 2.03. The fourth-order valence-electron chi connectivity index (χ4n) is 2.23. The molecule has 0 atom stereocenters. The summed E-state index contributed by atoms with van der Waals surface area (Å²) < 4.78 is 10.6. The molecule has 5 heteroatoms. The molecule has 5 nitrogen and oxygen atoms in total. The van der Waals surface area contributed by atoms with Gasteiger partial charge in [-0.05, 0) is 19.3 Å². The molecule has 1 aliphatic heterocycles. The Morgan fingerprint density at radius 3 is 2.89 bits per heavy atom. The van der Waals surface area contributed by atoms with Gasteiger partial charge in [0.25, 0.3) is 5.91 Å². The van der Waals surface area contributed by atoms with Gasteiger partial charge in [0.2, 0.25) is 0 Å². The molecule has 2 fully saturated rings. The van der Waals surface area contributed by atoms with Gasteiger partial charge < -0.3 is 14.5 Å². The Hall–Kier alpha value is -1.36. The molecule has 1 N–H and O–H groups in total. The topological polar surface area (TPSA) is 64.4 Å². The Morgan fingerprint density at radius 2 is 2.33 bits per heavy atom. The Bertz CT molecular complexity index is 441. The minimum absolute atomic E-state index is 0.120. The maximum atomic E-state index is 12.1. The van der Waals surface area contributed by atoms with Crippen LogP contribution in [0.1, 0.15) is 48.4 Å². The van der Waals surface area contributed by atoms with Crippen LogP contribution in [-0.4, -0.2) is 30.6 Å². The maximum Gasteiger partial charge on any atom is 0.273 e. The number of carbonyl (C=O) groups excluding carboxylic acids is 1. The highest BCUT2D eigenvalue weighted by Gasteiger charge is 2.38. The second-order valence-corrected chi connectivity index (χ2v) is 5.37. The van der Waals surface area contributed by atoms with E-state index in [2.05, 4.69) is 17.2 Å². The van der Waals surface area contributed by atoms with Crippen molar-refractivity contribution in [1.82, 2.24) is 10.3 Å². The first-order chi connectivity index (χ1) is 8.74. The van der Waals surface area contributed by atoms with Crippen LogP contribution in [0.2, 0.25) is 0 Å². The third-order valence-electron chi connectivity index (χ3n) is 3.95. The highest BCUT2D eigenvalue weighted by atomic mass is 16.5. The average molecular weight is 250 g/mol. The summed E-state index contributed by atoms with van der Waals surface area (Å²) >= 11 is 0. The first-order valence-corrected chi connectivity index (χ1v) is 6.53. The number of rotatable bonds is 5. The van der Waals surface area contributed by atoms with Gasteiger partial charge in [0.15, 0.2) is 12.1 Å². The first-order valence-electron chi connectivity index (χ1n) is 6.53. The SMILES string of the molecule is CCC1(CNC(=O)c2ncoc2C2CC2)COC1. The fourth-order valence-corrected chi connectivity index (χ4v) is 2.23. The molecule has 0 aromatic carbocycles. The summed E-state index contributed by atoms with van der Waals surface area (Å²) in [4.78, 5) is 16.1. The number of amides is 1. The lowest BCUT2D eigenvalue weighted by Gasteiger charge is -2.40. The molecule has 3 rings (SSSR count). The molecule has 2 aliphatic rings. The van der Waals surface area contributed by atoms with E-state index in [1.54, 1.807) is 0 Å². The van der Waals surface area contributed by atoms with E-state index >= 15 is 0 Å². The molecule has 1 aromatic rings. The molecule has 2 heterocycles. The number of hydrogen-bond donors (Lipinski definition) is 1. The predicted molar refractivity (Wildman–Crippen MR) is 64.4 cm³/mol. The lowest BCUT2D eigenvalue weighted by atomic mass is 9.83. The Labute approximate surface area is 106 Å². The normalized spacial score (nSPS) is 21.4. The molecule has 1 amide bonds. The highest BCUT2D eigenvalue weighted by Crippen LogP contribution is 2.41. The summed E-state index contributed by atoms with van der Waals surface area (Å²) in [5, 5.41) is 2.96. The minimum Gasteiger partial charge on any atom is -0.447 e. The number of nitrogens with one attached hydrogen (secondary N) is 1. The lowest BCUT2D eigenvalue weighted by molar-refractivity contribution is -0.111. The van der Waals surface area contributed by atoms with E-state index in [1.165, 1.54) is 6.39 Å². The van der Waals surface area contributed by atoms with Crippen LogP contribution in [0.4, 0.5) is 0 Å². The van der Waals surface area contributed by atoms with Crippen molar-refractivity contribution in [1.29, 1.82) is 0 Å². The molecule has 0 spiro atoms. The molecule has 1 saturated carbocycles. The number of aromatic nitrogens is 1. The van der Waals surface area contributed by atoms with Crippen molar-refractivity contribution >= 4 is 5.91 Å². The van der Waals surface area contributed by atoms with Gasteiger partial charge in [-0.15, -0.1) is 0 Å². The fraction of sp³-hybridized carbons (Fsp3) is 0.692. The molecule has 98 valence electrons. The van der Waals surface area contributed by atoms with Crippen molar-refractivity contribution in [2.75, 3.05) is 19.8 Å². The van der Waals surface area contributed by atoms with Crippen LogP contribution >= 0.6 is 0 Å². The number of hydrogen-bond acceptors (Lipinski definition) is 4. The van der Waals surface area contributed by atoms with Crippen LogP contribution in [0.3, 0.4) is 0 Å². The van der Waals surface area contributed by atoms with Gasteiger partial charge in [0.1, 0.15) is 5.76 Å². The highest BCUT2D eigenvalue weighted by molar-refractivity contribution is 5.93. The molecule has 1 saturated heterocycles. The van der Waals surface area contributed by atoms with Crippen molar-refractivity contribution in [2.45, 2.75) is 32.1 Å². The zero-order chi connectivity index (χ0) is 12.6. The van der Waals surface area contributed by atoms with E-state index < -0.39 is 0 Å². The largest absolute Gasteiger partial charge is 0.447 e. The predicted octanol–water partition coefficient (Wildman–Crippen LogP) is 1.71. The summed E-state index contributed by atoms with van der Waals surface area (Å²) in [6.45, 7) is 4.25. The van der Waals surface area contributed by atoms with Crippen molar-refractivity contribution < 1.29 is 13.9 Å². The Balaban J connectivity index is 1.62. The molecule has 0 bridgehead atoms. The van der Waals surface area contributed by atoms with Gasteiger partial charge in [0.05, 0.1) is 13.2 Å². The van der Waals surface area contributed by atoms with Crippen LogP contribution in [0, 0.1) is 5.41 Å². The molecule has 18 heavy (non-hydrogen) atoms. The number of oxazole rings is 1. The lowest BCUT2D eigenvalue weighted by Crippen LogP contribution is -2.50. The standard InChI is InChI=1S/C13H18N2O3/c1-2-13(6-17-7-13)5-14-12(16)10-11(9-3-4-9)18-8-15-10/h8-9H,2-7H2,1H3,(H,14,16). The number of nitrogens with zero attached hydrogens (tertiary/aromatic N) is 1. The van der Waals surface area contributed by atoms with E-state index in [9.17, 15) is 4.79 Å². The molecular weight excluding hydrogens is 232 g/mol. The zero-order valence-electron chi connectivity index (χ0n) is 10.6. The quantitative estimate of drug-likeness (QED) is 0.864. The average Bonchev–Trinajstić information content (AvgIpc) is 3.06. The van der Waals surface area contributed by atoms with Crippen molar-refractivity contribution in [2.24, 2.45) is 5.41 Å². The smallest absolute Gasteiger partial charge is 0.273 e. The van der Waals surface area contributed by atoms with E-state index in [-0.39, 0.29) is 11.3 Å². The van der Waals surface area contributed by atoms with E-state index in [0.717, 1.165) is 38.2 Å². The first kappa shape index (κ1) is 11.7. The van der Waals surface area contributed by atoms with Gasteiger partial charge in [-0.2, -0.15) is 0 Å². The van der Waals surface area contributed by atoms with Crippen LogP contribution in [0.5, 0.6) is 0 Å². The second-order valence-electron chi connectivity index (χ2n) is 5.37. The van der Waals surface area contributed by atoms with E-state index in [4.69, 9.17) is 9.15 Å². The zero-order valence-corrected chi connectivity index (χ0v) is 10.6. The monoisotopic (exact) mass is 250 g/mol. The second kappa shape index (κ2) is 4.39. The number of carbonyl (C=O) groups is 1. The summed E-state index contributed by atoms with van der Waals surface area (Å²) in [6, 6.07) is 0. The van der Waals surface area contributed by atoms with Gasteiger partial charge in [0, 0.05) is 17.9 Å². The summed E-state index contributed by atoms with van der Waals surface area (Å²) in [5.74, 6) is 1.04. The number of ether oxygens (including phenoxy) is 1. The van der Waals surface area contributed by atoms with Gasteiger partial charge in [-0.25, -0.2) is 4.98 Å². The van der Waals surface area contributed by atoms with Gasteiger partial charge in [-0.1, -0.05) is 6.92 Å². The Morgan fingerprint density at radius 1 is 1.56 bits per heavy atom. The third-order valence-corrected chi connectivity index (χ3v) is 3.95.